The predicted molar refractivity (Wildman–Crippen MR) is 42.8 cm³/mol. The summed E-state index contributed by atoms with van der Waals surface area (Å²) in [5.41, 5.74) is 3.48. The molecule has 0 aliphatic rings. The maximum Gasteiger partial charge on any atom is 0.139 e. The second-order valence-corrected chi connectivity index (χ2v) is 2.13. The molecule has 0 aliphatic heterocycles. The van der Waals surface area contributed by atoms with Crippen molar-refractivity contribution >= 4 is 5.82 Å². The molecule has 0 fully saturated rings. The lowest BCUT2D eigenvalue weighted by Gasteiger charge is -2.00. The number of nitrogen functional groups attached to an aromatic ring is 1. The molecule has 11 heavy (non-hydrogen) atoms. The number of hydrazine groups is 1. The molecule has 1 aromatic heterocycles. The number of nitrogens with two attached hydrogens (primary N) is 1. The Balaban J connectivity index is 2.66. The second-order valence-electron chi connectivity index (χ2n) is 2.13. The lowest BCUT2D eigenvalue weighted by Crippen LogP contribution is -2.08. The lowest BCUT2D eigenvalue weighted by atomic mass is 10.3. The topological polar surface area (TPSA) is 60.2 Å². The first-order chi connectivity index (χ1) is 5.36. The van der Waals surface area contributed by atoms with E-state index in [0.717, 1.165) is 5.56 Å². The van der Waals surface area contributed by atoms with Crippen molar-refractivity contribution in [2.24, 2.45) is 5.84 Å². The zero-order chi connectivity index (χ0) is 8.10. The van der Waals surface area contributed by atoms with Gasteiger partial charge in [0.05, 0.1) is 6.61 Å². The standard InChI is InChI=1S/C7H11N3O/c1-11-5-6-2-3-7(10-8)9-4-6/h2-4H,5,8H2,1H3,(H,9,10). The smallest absolute Gasteiger partial charge is 0.139 e. The molecule has 4 nitrogen and oxygen atoms in total. The van der Waals surface area contributed by atoms with Gasteiger partial charge >= 0.3 is 0 Å². The van der Waals surface area contributed by atoms with Crippen LogP contribution < -0.4 is 11.3 Å². The van der Waals surface area contributed by atoms with Gasteiger partial charge in [-0.05, 0) is 11.6 Å². The molecule has 0 amide bonds. The van der Waals surface area contributed by atoms with E-state index < -0.39 is 0 Å². The van der Waals surface area contributed by atoms with Crippen LogP contribution in [0.5, 0.6) is 0 Å². The average Bonchev–Trinajstić information content (AvgIpc) is 2.07. The quantitative estimate of drug-likeness (QED) is 0.490. The number of rotatable bonds is 3. The zero-order valence-electron chi connectivity index (χ0n) is 6.37. The van der Waals surface area contributed by atoms with E-state index in [0.29, 0.717) is 12.4 Å². The Hall–Kier alpha value is -1.13. The molecule has 0 bridgehead atoms. The van der Waals surface area contributed by atoms with Crippen molar-refractivity contribution in [3.8, 4) is 0 Å². The highest BCUT2D eigenvalue weighted by atomic mass is 16.5. The number of hydrogen-bond acceptors (Lipinski definition) is 4. The highest BCUT2D eigenvalue weighted by Gasteiger charge is 1.91. The van der Waals surface area contributed by atoms with Crippen molar-refractivity contribution in [2.45, 2.75) is 6.61 Å². The summed E-state index contributed by atoms with van der Waals surface area (Å²) in [6.45, 7) is 0.581. The van der Waals surface area contributed by atoms with Crippen molar-refractivity contribution in [3.05, 3.63) is 23.9 Å². The SMILES string of the molecule is COCc1ccc(NN)nc1. The first kappa shape index (κ1) is 7.97. The molecule has 0 aliphatic carbocycles. The fraction of sp³-hybridized carbons (Fsp3) is 0.286. The van der Waals surface area contributed by atoms with E-state index in [1.54, 1.807) is 19.4 Å². The molecule has 1 heterocycles. The number of ether oxygens (including phenoxy) is 1. The van der Waals surface area contributed by atoms with E-state index in [1.165, 1.54) is 0 Å². The molecule has 4 heteroatoms. The molecule has 0 radical (unpaired) electrons. The van der Waals surface area contributed by atoms with Gasteiger partial charge in [0.15, 0.2) is 0 Å². The van der Waals surface area contributed by atoms with Gasteiger partial charge in [-0.25, -0.2) is 10.8 Å². The minimum Gasteiger partial charge on any atom is -0.380 e. The van der Waals surface area contributed by atoms with Gasteiger partial charge in [0.1, 0.15) is 5.82 Å². The van der Waals surface area contributed by atoms with Gasteiger partial charge in [-0.3, -0.25) is 0 Å². The second kappa shape index (κ2) is 3.90. The van der Waals surface area contributed by atoms with Crippen LogP contribution in [0.3, 0.4) is 0 Å². The maximum atomic E-state index is 5.13. The Labute approximate surface area is 65.4 Å². The first-order valence-corrected chi connectivity index (χ1v) is 3.27. The van der Waals surface area contributed by atoms with E-state index in [-0.39, 0.29) is 0 Å². The molecule has 3 N–H and O–H groups in total. The summed E-state index contributed by atoms with van der Waals surface area (Å²) in [4.78, 5) is 4.00. The maximum absolute atomic E-state index is 5.13. The van der Waals surface area contributed by atoms with Gasteiger partial charge in [-0.2, -0.15) is 0 Å². The van der Waals surface area contributed by atoms with Crippen LogP contribution in [-0.2, 0) is 11.3 Å². The van der Waals surface area contributed by atoms with Crippen molar-refractivity contribution in [2.75, 3.05) is 12.5 Å². The van der Waals surface area contributed by atoms with Crippen molar-refractivity contribution in [1.29, 1.82) is 0 Å². The Morgan fingerprint density at radius 1 is 1.64 bits per heavy atom. The summed E-state index contributed by atoms with van der Waals surface area (Å²) in [7, 11) is 1.65. The van der Waals surface area contributed by atoms with E-state index in [9.17, 15) is 0 Å². The average molecular weight is 153 g/mol. The molecule has 0 saturated heterocycles. The van der Waals surface area contributed by atoms with E-state index in [2.05, 4.69) is 10.4 Å². The van der Waals surface area contributed by atoms with Crippen LogP contribution in [0.4, 0.5) is 5.82 Å². The Morgan fingerprint density at radius 3 is 2.91 bits per heavy atom. The zero-order valence-corrected chi connectivity index (χ0v) is 6.37. The van der Waals surface area contributed by atoms with Crippen LogP contribution >= 0.6 is 0 Å². The minimum atomic E-state index is 0.581. The summed E-state index contributed by atoms with van der Waals surface area (Å²) in [6.07, 6.45) is 1.72. The number of anilines is 1. The monoisotopic (exact) mass is 153 g/mol. The summed E-state index contributed by atoms with van der Waals surface area (Å²) in [5.74, 6) is 5.79. The van der Waals surface area contributed by atoms with Crippen LogP contribution in [0.1, 0.15) is 5.56 Å². The lowest BCUT2D eigenvalue weighted by molar-refractivity contribution is 0.184. The number of aromatic nitrogens is 1. The van der Waals surface area contributed by atoms with Crippen molar-refractivity contribution < 1.29 is 4.74 Å². The number of pyridine rings is 1. The van der Waals surface area contributed by atoms with E-state index >= 15 is 0 Å². The highest BCUT2D eigenvalue weighted by Crippen LogP contribution is 2.03. The molecule has 0 atom stereocenters. The van der Waals surface area contributed by atoms with Gasteiger partial charge < -0.3 is 10.2 Å². The van der Waals surface area contributed by atoms with E-state index in [1.807, 2.05) is 6.07 Å². The van der Waals surface area contributed by atoms with Gasteiger partial charge in [-0.15, -0.1) is 0 Å². The van der Waals surface area contributed by atoms with Crippen LogP contribution in [-0.4, -0.2) is 12.1 Å². The van der Waals surface area contributed by atoms with Crippen molar-refractivity contribution in [3.63, 3.8) is 0 Å². The third kappa shape index (κ3) is 2.18. The summed E-state index contributed by atoms with van der Waals surface area (Å²) >= 11 is 0. The normalized spacial score (nSPS) is 9.64. The Kier molecular flexibility index (Phi) is 2.83. The van der Waals surface area contributed by atoms with Gasteiger partial charge in [0.2, 0.25) is 0 Å². The minimum absolute atomic E-state index is 0.581. The Bertz CT molecular complexity index is 209. The molecular formula is C7H11N3O. The molecule has 1 aromatic rings. The third-order valence-electron chi connectivity index (χ3n) is 1.28. The fourth-order valence-corrected chi connectivity index (χ4v) is 0.762. The summed E-state index contributed by atoms with van der Waals surface area (Å²) in [6, 6.07) is 3.71. The Morgan fingerprint density at radius 2 is 2.45 bits per heavy atom. The molecule has 0 aromatic carbocycles. The van der Waals surface area contributed by atoms with Gasteiger partial charge in [0.25, 0.3) is 0 Å². The molecule has 0 saturated carbocycles. The first-order valence-electron chi connectivity index (χ1n) is 3.27. The van der Waals surface area contributed by atoms with Crippen LogP contribution in [0, 0.1) is 0 Å². The van der Waals surface area contributed by atoms with Crippen LogP contribution in [0.25, 0.3) is 0 Å². The fourth-order valence-electron chi connectivity index (χ4n) is 0.762. The number of nitrogens with zero attached hydrogens (tertiary/aromatic N) is 1. The molecule has 0 unspecified atom stereocenters. The van der Waals surface area contributed by atoms with Crippen molar-refractivity contribution in [1.82, 2.24) is 4.98 Å². The number of hydrogen-bond donors (Lipinski definition) is 2. The van der Waals surface area contributed by atoms with Gasteiger partial charge in [0, 0.05) is 13.3 Å². The van der Waals surface area contributed by atoms with Crippen LogP contribution in [0.2, 0.25) is 0 Å². The number of nitrogens with one attached hydrogen (secondary N) is 1. The summed E-state index contributed by atoms with van der Waals surface area (Å²) < 4.78 is 4.91. The predicted octanol–water partition coefficient (Wildman–Crippen LogP) is 0.514. The van der Waals surface area contributed by atoms with Crippen LogP contribution in [0.15, 0.2) is 18.3 Å². The number of methoxy groups -OCH3 is 1. The highest BCUT2D eigenvalue weighted by molar-refractivity contribution is 5.33. The molecular weight excluding hydrogens is 142 g/mol. The molecule has 1 rings (SSSR count). The molecule has 60 valence electrons. The largest absolute Gasteiger partial charge is 0.380 e. The molecule has 0 spiro atoms. The van der Waals surface area contributed by atoms with Gasteiger partial charge in [-0.1, -0.05) is 6.07 Å². The summed E-state index contributed by atoms with van der Waals surface area (Å²) in [5, 5.41) is 0. The third-order valence-corrected chi connectivity index (χ3v) is 1.28. The van der Waals surface area contributed by atoms with E-state index in [4.69, 9.17) is 10.6 Å².